The van der Waals surface area contributed by atoms with Crippen molar-refractivity contribution in [2.45, 2.75) is 6.92 Å². The predicted molar refractivity (Wildman–Crippen MR) is 154 cm³/mol. The van der Waals surface area contributed by atoms with E-state index in [9.17, 15) is 14.4 Å². The number of para-hydroxylation sites is 2. The highest BCUT2D eigenvalue weighted by Crippen LogP contribution is 2.34. The summed E-state index contributed by atoms with van der Waals surface area (Å²) in [5.74, 6) is 0.0576. The molecule has 1 saturated heterocycles. The van der Waals surface area contributed by atoms with Crippen molar-refractivity contribution in [2.75, 3.05) is 25.6 Å². The standard InChI is InChI=1S/C28H25N3O6S2/c1-3-36-23-15-18(13-14-22(23)37-17-25(32)29-20-11-7-8-12-21(20)35-2)16-24-27(34)31(28(38)39-24)30-26(33)19-9-5-4-6-10-19/h4-16H,3,17H2,1-2H3,(H,29,32)(H,30,33)/b24-16-. The van der Waals surface area contributed by atoms with E-state index in [2.05, 4.69) is 10.7 Å². The summed E-state index contributed by atoms with van der Waals surface area (Å²) in [6.45, 7) is 1.93. The van der Waals surface area contributed by atoms with Crippen molar-refractivity contribution in [2.24, 2.45) is 0 Å². The lowest BCUT2D eigenvalue weighted by Gasteiger charge is -2.15. The number of amides is 3. The molecule has 1 aliphatic rings. The number of carbonyl (C=O) groups is 3. The van der Waals surface area contributed by atoms with Crippen molar-refractivity contribution >= 4 is 57.8 Å². The fraction of sp³-hybridized carbons (Fsp3) is 0.143. The van der Waals surface area contributed by atoms with Gasteiger partial charge >= 0.3 is 0 Å². The van der Waals surface area contributed by atoms with Gasteiger partial charge < -0.3 is 19.5 Å². The van der Waals surface area contributed by atoms with Gasteiger partial charge in [-0.15, -0.1) is 0 Å². The first-order valence-corrected chi connectivity index (χ1v) is 13.1. The van der Waals surface area contributed by atoms with Gasteiger partial charge in [-0.25, -0.2) is 0 Å². The Morgan fingerprint density at radius 1 is 0.974 bits per heavy atom. The van der Waals surface area contributed by atoms with E-state index in [0.717, 1.165) is 16.8 Å². The molecule has 0 bridgehead atoms. The van der Waals surface area contributed by atoms with Crippen molar-refractivity contribution in [1.29, 1.82) is 0 Å². The molecular formula is C28H25N3O6S2. The number of anilines is 1. The molecule has 0 atom stereocenters. The highest BCUT2D eigenvalue weighted by atomic mass is 32.2. The van der Waals surface area contributed by atoms with Crippen molar-refractivity contribution < 1.29 is 28.6 Å². The fourth-order valence-electron chi connectivity index (χ4n) is 3.55. The number of ether oxygens (including phenoxy) is 3. The lowest BCUT2D eigenvalue weighted by atomic mass is 10.2. The summed E-state index contributed by atoms with van der Waals surface area (Å²) in [4.78, 5) is 38.2. The molecule has 3 aromatic rings. The van der Waals surface area contributed by atoms with Gasteiger partial charge in [0.1, 0.15) is 5.75 Å². The lowest BCUT2D eigenvalue weighted by Crippen LogP contribution is -2.44. The zero-order valence-electron chi connectivity index (χ0n) is 21.1. The zero-order valence-corrected chi connectivity index (χ0v) is 22.8. The molecule has 0 saturated carbocycles. The summed E-state index contributed by atoms with van der Waals surface area (Å²) in [6.07, 6.45) is 1.65. The van der Waals surface area contributed by atoms with Crippen LogP contribution in [-0.2, 0) is 9.59 Å². The number of carbonyl (C=O) groups excluding carboxylic acids is 3. The fourth-order valence-corrected chi connectivity index (χ4v) is 4.73. The molecule has 9 nitrogen and oxygen atoms in total. The van der Waals surface area contributed by atoms with Gasteiger partial charge in [0.25, 0.3) is 17.7 Å². The number of benzene rings is 3. The van der Waals surface area contributed by atoms with Gasteiger partial charge in [-0.2, -0.15) is 5.01 Å². The maximum absolute atomic E-state index is 13.0. The second kappa shape index (κ2) is 12.9. The summed E-state index contributed by atoms with van der Waals surface area (Å²) in [5, 5.41) is 3.81. The van der Waals surface area contributed by atoms with E-state index in [-0.39, 0.29) is 16.8 Å². The Morgan fingerprint density at radius 3 is 2.46 bits per heavy atom. The Kier molecular flexibility index (Phi) is 9.18. The van der Waals surface area contributed by atoms with Gasteiger partial charge in [0.05, 0.1) is 24.3 Å². The van der Waals surface area contributed by atoms with Gasteiger partial charge in [-0.3, -0.25) is 19.8 Å². The molecule has 0 aromatic heterocycles. The number of hydrogen-bond acceptors (Lipinski definition) is 8. The molecule has 0 radical (unpaired) electrons. The number of hydrazine groups is 1. The van der Waals surface area contributed by atoms with Gasteiger partial charge in [0.2, 0.25) is 0 Å². The minimum Gasteiger partial charge on any atom is -0.495 e. The van der Waals surface area contributed by atoms with Crippen LogP contribution in [0, 0.1) is 0 Å². The van der Waals surface area contributed by atoms with E-state index in [1.165, 1.54) is 7.11 Å². The number of hydrogen-bond donors (Lipinski definition) is 2. The molecule has 3 aromatic carbocycles. The van der Waals surface area contributed by atoms with Crippen molar-refractivity contribution in [3.05, 3.63) is 88.8 Å². The number of nitrogens with one attached hydrogen (secondary N) is 2. The van der Waals surface area contributed by atoms with Crippen molar-refractivity contribution in [1.82, 2.24) is 10.4 Å². The van der Waals surface area contributed by atoms with Crippen LogP contribution >= 0.6 is 24.0 Å². The first kappa shape index (κ1) is 27.7. The normalized spacial score (nSPS) is 13.8. The molecule has 1 fully saturated rings. The third-order valence-corrected chi connectivity index (χ3v) is 6.65. The second-order valence-electron chi connectivity index (χ2n) is 8.00. The van der Waals surface area contributed by atoms with Crippen LogP contribution in [0.1, 0.15) is 22.8 Å². The Balaban J connectivity index is 1.43. The van der Waals surface area contributed by atoms with Crippen molar-refractivity contribution in [3.63, 3.8) is 0 Å². The second-order valence-corrected chi connectivity index (χ2v) is 9.68. The van der Waals surface area contributed by atoms with Crippen LogP contribution in [0.3, 0.4) is 0 Å². The number of methoxy groups -OCH3 is 1. The van der Waals surface area contributed by atoms with Gasteiger partial charge in [-0.05, 0) is 67.2 Å². The smallest absolute Gasteiger partial charge is 0.285 e. The van der Waals surface area contributed by atoms with Crippen LogP contribution in [0.15, 0.2) is 77.7 Å². The maximum atomic E-state index is 13.0. The van der Waals surface area contributed by atoms with Crippen molar-refractivity contribution in [3.8, 4) is 17.2 Å². The number of thiocarbonyl (C=S) groups is 1. The number of thioether (sulfide) groups is 1. The highest BCUT2D eigenvalue weighted by Gasteiger charge is 2.33. The molecule has 1 heterocycles. The largest absolute Gasteiger partial charge is 0.495 e. The molecule has 1 aliphatic heterocycles. The number of rotatable bonds is 10. The van der Waals surface area contributed by atoms with E-state index in [4.69, 9.17) is 26.4 Å². The molecule has 3 amide bonds. The van der Waals surface area contributed by atoms with E-state index in [1.807, 2.05) is 6.92 Å². The third kappa shape index (κ3) is 6.95. The van der Waals surface area contributed by atoms with Gasteiger partial charge in [0, 0.05) is 5.56 Å². The van der Waals surface area contributed by atoms with Crippen LogP contribution in [0.5, 0.6) is 17.2 Å². The van der Waals surface area contributed by atoms with E-state index in [0.29, 0.717) is 45.6 Å². The van der Waals surface area contributed by atoms with E-state index >= 15 is 0 Å². The Morgan fingerprint density at radius 2 is 1.72 bits per heavy atom. The van der Waals surface area contributed by atoms with Gasteiger partial charge in [-0.1, -0.05) is 48.2 Å². The number of nitrogens with zero attached hydrogens (tertiary/aromatic N) is 1. The average molecular weight is 564 g/mol. The van der Waals surface area contributed by atoms with E-state index in [1.54, 1.807) is 78.9 Å². The molecular weight excluding hydrogens is 538 g/mol. The molecule has 0 unspecified atom stereocenters. The summed E-state index contributed by atoms with van der Waals surface area (Å²) in [5.41, 5.74) is 4.15. The molecule has 4 rings (SSSR count). The Labute approximate surface area is 235 Å². The summed E-state index contributed by atoms with van der Waals surface area (Å²) < 4.78 is 16.9. The van der Waals surface area contributed by atoms with Crippen LogP contribution in [-0.4, -0.2) is 47.4 Å². The predicted octanol–water partition coefficient (Wildman–Crippen LogP) is 4.66. The zero-order chi connectivity index (χ0) is 27.8. The molecule has 0 aliphatic carbocycles. The molecule has 200 valence electrons. The minimum absolute atomic E-state index is 0.210. The van der Waals surface area contributed by atoms with Crippen LogP contribution in [0.2, 0.25) is 0 Å². The first-order chi connectivity index (χ1) is 18.9. The summed E-state index contributed by atoms with van der Waals surface area (Å²) >= 11 is 6.39. The van der Waals surface area contributed by atoms with E-state index < -0.39 is 11.8 Å². The lowest BCUT2D eigenvalue weighted by molar-refractivity contribution is -0.123. The first-order valence-electron chi connectivity index (χ1n) is 11.9. The summed E-state index contributed by atoms with van der Waals surface area (Å²) in [6, 6.07) is 20.7. The Bertz CT molecular complexity index is 1430. The quantitative estimate of drug-likeness (QED) is 0.271. The summed E-state index contributed by atoms with van der Waals surface area (Å²) in [7, 11) is 1.52. The molecule has 11 heteroatoms. The van der Waals surface area contributed by atoms with Gasteiger partial charge in [0.15, 0.2) is 22.4 Å². The Hall–Kier alpha value is -4.35. The topological polar surface area (TPSA) is 106 Å². The molecule has 2 N–H and O–H groups in total. The highest BCUT2D eigenvalue weighted by molar-refractivity contribution is 8.26. The van der Waals surface area contributed by atoms with Crippen LogP contribution in [0.25, 0.3) is 6.08 Å². The average Bonchev–Trinajstić information content (AvgIpc) is 3.20. The monoisotopic (exact) mass is 563 g/mol. The van der Waals surface area contributed by atoms with Crippen LogP contribution < -0.4 is 25.0 Å². The minimum atomic E-state index is -0.444. The SMILES string of the molecule is CCOc1cc(/C=C2\SC(=S)N(NC(=O)c3ccccc3)C2=O)ccc1OCC(=O)Nc1ccccc1OC. The molecule has 39 heavy (non-hydrogen) atoms. The van der Waals surface area contributed by atoms with Crippen LogP contribution in [0.4, 0.5) is 5.69 Å². The molecule has 0 spiro atoms. The maximum Gasteiger partial charge on any atom is 0.285 e. The third-order valence-electron chi connectivity index (χ3n) is 5.35.